The molecule has 0 aliphatic rings. The summed E-state index contributed by atoms with van der Waals surface area (Å²) < 4.78 is 11.2. The lowest BCUT2D eigenvalue weighted by Crippen LogP contribution is -2.27. The molecule has 22 heavy (non-hydrogen) atoms. The van der Waals surface area contributed by atoms with E-state index in [2.05, 4.69) is 17.2 Å². The maximum Gasteiger partial charge on any atom is 0.227 e. The van der Waals surface area contributed by atoms with Crippen molar-refractivity contribution in [2.75, 3.05) is 19.8 Å². The van der Waals surface area contributed by atoms with E-state index < -0.39 is 0 Å². The van der Waals surface area contributed by atoms with Gasteiger partial charge in [0.05, 0.1) is 12.1 Å². The van der Waals surface area contributed by atoms with Gasteiger partial charge in [0.25, 0.3) is 0 Å². The van der Waals surface area contributed by atoms with Crippen LogP contribution in [0, 0.1) is 6.92 Å². The molecule has 1 heterocycles. The minimum absolute atomic E-state index is 0.0340. The molecule has 0 atom stereocenters. The smallest absolute Gasteiger partial charge is 0.227 e. The van der Waals surface area contributed by atoms with E-state index in [1.807, 2.05) is 27.7 Å². The lowest BCUT2D eigenvalue weighted by molar-refractivity contribution is -0.120. The molecule has 0 bridgehead atoms. The van der Waals surface area contributed by atoms with Crippen molar-refractivity contribution in [2.24, 2.45) is 0 Å². The van der Waals surface area contributed by atoms with Crippen molar-refractivity contribution in [3.8, 4) is 0 Å². The van der Waals surface area contributed by atoms with E-state index in [0.29, 0.717) is 24.8 Å². The Morgan fingerprint density at radius 3 is 2.55 bits per heavy atom. The average molecular weight is 310 g/mol. The van der Waals surface area contributed by atoms with Gasteiger partial charge in [-0.2, -0.15) is 0 Å². The van der Waals surface area contributed by atoms with Gasteiger partial charge in [0.1, 0.15) is 5.76 Å². The highest BCUT2D eigenvalue weighted by Gasteiger charge is 2.23. The number of carbonyl (C=O) groups is 1. The van der Waals surface area contributed by atoms with E-state index in [1.165, 1.54) is 0 Å². The predicted octanol–water partition coefficient (Wildman–Crippen LogP) is 3.15. The van der Waals surface area contributed by atoms with Crippen LogP contribution in [0.1, 0.15) is 64.3 Å². The van der Waals surface area contributed by atoms with Crippen LogP contribution in [0.25, 0.3) is 0 Å². The second kappa shape index (κ2) is 8.93. The fraction of sp³-hybridized carbons (Fsp3) is 0.765. The van der Waals surface area contributed by atoms with Crippen molar-refractivity contribution in [3.63, 3.8) is 0 Å². The Morgan fingerprint density at radius 1 is 1.27 bits per heavy atom. The number of hydrogen-bond donors (Lipinski definition) is 1. The zero-order chi connectivity index (χ0) is 16.6. The summed E-state index contributed by atoms with van der Waals surface area (Å²) in [6, 6.07) is 0. The van der Waals surface area contributed by atoms with Crippen molar-refractivity contribution in [2.45, 2.75) is 65.7 Å². The highest BCUT2D eigenvalue weighted by atomic mass is 16.5. The van der Waals surface area contributed by atoms with E-state index in [9.17, 15) is 4.79 Å². The molecule has 0 saturated carbocycles. The summed E-state index contributed by atoms with van der Waals surface area (Å²) in [5, 5.41) is 2.89. The molecule has 1 N–H and O–H groups in total. The largest absolute Gasteiger partial charge is 0.444 e. The van der Waals surface area contributed by atoms with Gasteiger partial charge < -0.3 is 14.5 Å². The molecule has 5 heteroatoms. The van der Waals surface area contributed by atoms with Crippen LogP contribution in [0.4, 0.5) is 0 Å². The highest BCUT2D eigenvalue weighted by molar-refractivity contribution is 5.78. The molecule has 126 valence electrons. The summed E-state index contributed by atoms with van der Waals surface area (Å²) in [4.78, 5) is 16.3. The van der Waals surface area contributed by atoms with Crippen molar-refractivity contribution in [1.82, 2.24) is 10.3 Å². The van der Waals surface area contributed by atoms with Crippen LogP contribution in [0.5, 0.6) is 0 Å². The van der Waals surface area contributed by atoms with Crippen LogP contribution in [-0.2, 0) is 21.4 Å². The van der Waals surface area contributed by atoms with E-state index in [0.717, 1.165) is 31.6 Å². The monoisotopic (exact) mass is 310 g/mol. The van der Waals surface area contributed by atoms with Crippen LogP contribution in [0.3, 0.4) is 0 Å². The number of oxazole rings is 1. The minimum Gasteiger partial charge on any atom is -0.444 e. The number of nitrogens with zero attached hydrogens (tertiary/aromatic N) is 1. The first-order valence-corrected chi connectivity index (χ1v) is 8.15. The van der Waals surface area contributed by atoms with Crippen LogP contribution >= 0.6 is 0 Å². The normalized spacial score (nSPS) is 11.7. The molecule has 0 fully saturated rings. The molecule has 1 aromatic heterocycles. The number of unbranched alkanes of at least 4 members (excludes halogenated alkanes) is 1. The quantitative estimate of drug-likeness (QED) is 0.712. The van der Waals surface area contributed by atoms with Gasteiger partial charge in [-0.25, -0.2) is 4.98 Å². The molecule has 1 amide bonds. The molecule has 0 aromatic carbocycles. The molecule has 0 unspecified atom stereocenters. The molecular weight excluding hydrogens is 280 g/mol. The molecule has 5 nitrogen and oxygen atoms in total. The first kappa shape index (κ1) is 18.7. The number of hydrogen-bond acceptors (Lipinski definition) is 4. The Bertz CT molecular complexity index is 461. The lowest BCUT2D eigenvalue weighted by Gasteiger charge is -2.12. The average Bonchev–Trinajstić information content (AvgIpc) is 2.79. The van der Waals surface area contributed by atoms with Gasteiger partial charge in [-0.1, -0.05) is 34.1 Å². The van der Waals surface area contributed by atoms with Crippen LogP contribution in [0.2, 0.25) is 0 Å². The van der Waals surface area contributed by atoms with Gasteiger partial charge in [-0.15, -0.1) is 0 Å². The molecule has 1 aromatic rings. The predicted molar refractivity (Wildman–Crippen MR) is 87.0 cm³/mol. The topological polar surface area (TPSA) is 64.4 Å². The Balaban J connectivity index is 2.29. The first-order valence-electron chi connectivity index (χ1n) is 8.15. The zero-order valence-electron chi connectivity index (χ0n) is 14.6. The Labute approximate surface area is 133 Å². The summed E-state index contributed by atoms with van der Waals surface area (Å²) in [6.45, 7) is 12.3. The van der Waals surface area contributed by atoms with Crippen molar-refractivity contribution >= 4 is 5.91 Å². The van der Waals surface area contributed by atoms with Gasteiger partial charge in [-0.05, 0) is 19.8 Å². The number of nitrogens with one attached hydrogen (secondary N) is 1. The summed E-state index contributed by atoms with van der Waals surface area (Å²) in [6.07, 6.45) is 3.31. The standard InChI is InChI=1S/C17H30N2O3/c1-6-7-10-21-11-8-9-18-15(20)12-14-13(2)19-16(22-14)17(3,4)5/h6-12H2,1-5H3,(H,18,20). The number of rotatable bonds is 9. The highest BCUT2D eigenvalue weighted by Crippen LogP contribution is 2.23. The molecule has 0 radical (unpaired) electrons. The molecular formula is C17H30N2O3. The maximum absolute atomic E-state index is 11.9. The second-order valence-corrected chi connectivity index (χ2v) is 6.62. The Kier molecular flexibility index (Phi) is 7.59. The van der Waals surface area contributed by atoms with Crippen LogP contribution in [-0.4, -0.2) is 30.6 Å². The molecule has 0 saturated heterocycles. The summed E-state index contributed by atoms with van der Waals surface area (Å²) in [5.41, 5.74) is 0.651. The van der Waals surface area contributed by atoms with E-state index in [-0.39, 0.29) is 17.7 Å². The maximum atomic E-state index is 11.9. The number of ether oxygens (including phenoxy) is 1. The zero-order valence-corrected chi connectivity index (χ0v) is 14.6. The van der Waals surface area contributed by atoms with E-state index in [4.69, 9.17) is 9.15 Å². The minimum atomic E-state index is -0.144. The molecule has 0 aliphatic carbocycles. The van der Waals surface area contributed by atoms with Crippen molar-refractivity contribution in [3.05, 3.63) is 17.3 Å². The first-order chi connectivity index (χ1) is 10.3. The number of aromatic nitrogens is 1. The van der Waals surface area contributed by atoms with E-state index in [1.54, 1.807) is 0 Å². The number of aryl methyl sites for hydroxylation is 1. The third-order valence-electron chi connectivity index (χ3n) is 3.29. The van der Waals surface area contributed by atoms with Crippen molar-refractivity contribution in [1.29, 1.82) is 0 Å². The molecule has 1 rings (SSSR count). The number of carbonyl (C=O) groups excluding carboxylic acids is 1. The van der Waals surface area contributed by atoms with Crippen LogP contribution in [0.15, 0.2) is 4.42 Å². The lowest BCUT2D eigenvalue weighted by atomic mass is 9.97. The third-order valence-corrected chi connectivity index (χ3v) is 3.29. The van der Waals surface area contributed by atoms with Gasteiger partial charge in [0.15, 0.2) is 5.89 Å². The van der Waals surface area contributed by atoms with Gasteiger partial charge >= 0.3 is 0 Å². The fourth-order valence-corrected chi connectivity index (χ4v) is 1.87. The van der Waals surface area contributed by atoms with E-state index >= 15 is 0 Å². The van der Waals surface area contributed by atoms with Crippen molar-refractivity contribution < 1.29 is 13.9 Å². The molecule has 0 aliphatic heterocycles. The van der Waals surface area contributed by atoms with Crippen LogP contribution < -0.4 is 5.32 Å². The Hall–Kier alpha value is -1.36. The fourth-order valence-electron chi connectivity index (χ4n) is 1.87. The summed E-state index contributed by atoms with van der Waals surface area (Å²) >= 11 is 0. The molecule has 0 spiro atoms. The number of amides is 1. The Morgan fingerprint density at radius 2 is 1.95 bits per heavy atom. The third kappa shape index (κ3) is 6.60. The summed E-state index contributed by atoms with van der Waals surface area (Å²) in [5.74, 6) is 1.30. The van der Waals surface area contributed by atoms with Gasteiger partial charge in [-0.3, -0.25) is 4.79 Å². The van der Waals surface area contributed by atoms with Gasteiger partial charge in [0.2, 0.25) is 5.91 Å². The SMILES string of the molecule is CCCCOCCCNC(=O)Cc1oc(C(C)(C)C)nc1C. The second-order valence-electron chi connectivity index (χ2n) is 6.62. The summed E-state index contributed by atoms with van der Waals surface area (Å²) in [7, 11) is 0. The van der Waals surface area contributed by atoms with Gasteiger partial charge in [0, 0.05) is 25.2 Å².